The molecule has 1 rings (SSSR count). The van der Waals surface area contributed by atoms with Gasteiger partial charge in [0.1, 0.15) is 6.10 Å². The molecule has 1 aliphatic rings. The van der Waals surface area contributed by atoms with Crippen molar-refractivity contribution in [2.75, 3.05) is 0 Å². The Bertz CT molecular complexity index is 321. The Morgan fingerprint density at radius 1 is 1.26 bits per heavy atom. The van der Waals surface area contributed by atoms with E-state index in [1.165, 1.54) is 6.42 Å². The van der Waals surface area contributed by atoms with Crippen molar-refractivity contribution in [2.45, 2.75) is 70.4 Å². The van der Waals surface area contributed by atoms with Gasteiger partial charge in [0, 0.05) is 12.0 Å². The number of rotatable bonds is 6. The summed E-state index contributed by atoms with van der Waals surface area (Å²) in [7, 11) is 0. The number of carboxylic acid groups (broad SMARTS) is 1. The van der Waals surface area contributed by atoms with Crippen molar-refractivity contribution in [3.05, 3.63) is 0 Å². The van der Waals surface area contributed by atoms with Crippen molar-refractivity contribution in [1.82, 2.24) is 5.32 Å². The fourth-order valence-electron chi connectivity index (χ4n) is 2.55. The SMILES string of the molecule is CC(C)(CCC(=O)O)NC(=O)C(O)C1CCCCC1. The second-order valence-electron chi connectivity index (χ2n) is 6.11. The van der Waals surface area contributed by atoms with Crippen molar-refractivity contribution >= 4 is 11.9 Å². The number of hydrogen-bond donors (Lipinski definition) is 3. The first-order valence-corrected chi connectivity index (χ1v) is 7.04. The summed E-state index contributed by atoms with van der Waals surface area (Å²) in [6, 6.07) is 0. The predicted molar refractivity (Wildman–Crippen MR) is 71.7 cm³/mol. The van der Waals surface area contributed by atoms with E-state index in [0.717, 1.165) is 25.7 Å². The van der Waals surface area contributed by atoms with E-state index in [0.29, 0.717) is 6.42 Å². The Morgan fingerprint density at radius 3 is 2.37 bits per heavy atom. The van der Waals surface area contributed by atoms with Crippen LogP contribution in [0.15, 0.2) is 0 Å². The first-order valence-electron chi connectivity index (χ1n) is 7.04. The third kappa shape index (κ3) is 5.59. The molecular formula is C14H25NO4. The van der Waals surface area contributed by atoms with Gasteiger partial charge in [0.05, 0.1) is 0 Å². The van der Waals surface area contributed by atoms with Crippen LogP contribution < -0.4 is 5.32 Å². The van der Waals surface area contributed by atoms with Crippen molar-refractivity contribution in [3.8, 4) is 0 Å². The maximum atomic E-state index is 12.0. The van der Waals surface area contributed by atoms with Crippen LogP contribution >= 0.6 is 0 Å². The monoisotopic (exact) mass is 271 g/mol. The summed E-state index contributed by atoms with van der Waals surface area (Å²) in [6.07, 6.45) is 4.49. The van der Waals surface area contributed by atoms with E-state index in [1.807, 2.05) is 0 Å². The minimum absolute atomic E-state index is 0.00675. The zero-order valence-corrected chi connectivity index (χ0v) is 11.8. The van der Waals surface area contributed by atoms with Crippen LogP contribution in [0.1, 0.15) is 58.8 Å². The molecule has 0 aliphatic heterocycles. The average Bonchev–Trinajstić information content (AvgIpc) is 2.36. The maximum Gasteiger partial charge on any atom is 0.303 e. The zero-order valence-electron chi connectivity index (χ0n) is 11.8. The van der Waals surface area contributed by atoms with Crippen LogP contribution in [0, 0.1) is 5.92 Å². The first-order chi connectivity index (χ1) is 8.82. The summed E-state index contributed by atoms with van der Waals surface area (Å²) in [4.78, 5) is 22.5. The van der Waals surface area contributed by atoms with Gasteiger partial charge in [-0.1, -0.05) is 19.3 Å². The second-order valence-corrected chi connectivity index (χ2v) is 6.11. The highest BCUT2D eigenvalue weighted by Gasteiger charge is 2.31. The molecule has 0 aromatic rings. The Morgan fingerprint density at radius 2 is 1.84 bits per heavy atom. The molecular weight excluding hydrogens is 246 g/mol. The summed E-state index contributed by atoms with van der Waals surface area (Å²) in [5.41, 5.74) is -0.606. The first kappa shape index (κ1) is 16.0. The Hall–Kier alpha value is -1.10. The molecule has 0 heterocycles. The molecule has 1 fully saturated rings. The number of carbonyl (C=O) groups excluding carboxylic acids is 1. The van der Waals surface area contributed by atoms with Crippen LogP contribution in [0.4, 0.5) is 0 Å². The van der Waals surface area contributed by atoms with E-state index in [9.17, 15) is 14.7 Å². The molecule has 0 saturated heterocycles. The topological polar surface area (TPSA) is 86.6 Å². The Kier molecular flexibility index (Phi) is 5.79. The molecule has 3 N–H and O–H groups in total. The van der Waals surface area contributed by atoms with E-state index in [4.69, 9.17) is 5.11 Å². The summed E-state index contributed by atoms with van der Waals surface area (Å²) < 4.78 is 0. The minimum Gasteiger partial charge on any atom is -0.481 e. The largest absolute Gasteiger partial charge is 0.481 e. The fourth-order valence-corrected chi connectivity index (χ4v) is 2.55. The molecule has 5 heteroatoms. The lowest BCUT2D eigenvalue weighted by Crippen LogP contribution is -2.50. The van der Waals surface area contributed by atoms with Crippen molar-refractivity contribution in [2.24, 2.45) is 5.92 Å². The van der Waals surface area contributed by atoms with Gasteiger partial charge in [-0.05, 0) is 39.0 Å². The average molecular weight is 271 g/mol. The lowest BCUT2D eigenvalue weighted by molar-refractivity contribution is -0.139. The molecule has 0 aromatic carbocycles. The molecule has 0 aromatic heterocycles. The molecule has 1 unspecified atom stereocenters. The number of aliphatic carboxylic acids is 1. The van der Waals surface area contributed by atoms with Gasteiger partial charge < -0.3 is 15.5 Å². The number of aliphatic hydroxyl groups is 1. The van der Waals surface area contributed by atoms with Gasteiger partial charge in [-0.15, -0.1) is 0 Å². The maximum absolute atomic E-state index is 12.0. The highest BCUT2D eigenvalue weighted by Crippen LogP contribution is 2.27. The minimum atomic E-state index is -0.968. The molecule has 0 spiro atoms. The molecule has 0 radical (unpaired) electrons. The van der Waals surface area contributed by atoms with Crippen molar-refractivity contribution < 1.29 is 19.8 Å². The third-order valence-corrected chi connectivity index (χ3v) is 3.79. The summed E-state index contributed by atoms with van der Waals surface area (Å²) in [5.74, 6) is -1.21. The Balaban J connectivity index is 2.45. The molecule has 1 aliphatic carbocycles. The van der Waals surface area contributed by atoms with Gasteiger partial charge >= 0.3 is 5.97 Å². The van der Waals surface area contributed by atoms with Crippen LogP contribution in [-0.2, 0) is 9.59 Å². The zero-order chi connectivity index (χ0) is 14.5. The summed E-state index contributed by atoms with van der Waals surface area (Å²) >= 11 is 0. The number of amides is 1. The highest BCUT2D eigenvalue weighted by atomic mass is 16.4. The molecule has 19 heavy (non-hydrogen) atoms. The predicted octanol–water partition coefficient (Wildman–Crippen LogP) is 1.69. The standard InChI is InChI=1S/C14H25NO4/c1-14(2,9-8-11(16)17)15-13(19)12(18)10-6-4-3-5-7-10/h10,12,18H,3-9H2,1-2H3,(H,15,19)(H,16,17). The van der Waals surface area contributed by atoms with Gasteiger partial charge in [-0.2, -0.15) is 0 Å². The van der Waals surface area contributed by atoms with Gasteiger partial charge in [0.25, 0.3) is 0 Å². The molecule has 5 nitrogen and oxygen atoms in total. The lowest BCUT2D eigenvalue weighted by Gasteiger charge is -2.31. The van der Waals surface area contributed by atoms with Gasteiger partial charge in [-0.3, -0.25) is 9.59 Å². The number of nitrogens with one attached hydrogen (secondary N) is 1. The number of hydrogen-bond acceptors (Lipinski definition) is 3. The quantitative estimate of drug-likeness (QED) is 0.686. The van der Waals surface area contributed by atoms with Crippen LogP contribution in [0.5, 0.6) is 0 Å². The number of carbonyl (C=O) groups is 2. The number of carboxylic acids is 1. The Labute approximate surface area is 114 Å². The highest BCUT2D eigenvalue weighted by molar-refractivity contribution is 5.81. The smallest absolute Gasteiger partial charge is 0.303 e. The molecule has 0 bridgehead atoms. The third-order valence-electron chi connectivity index (χ3n) is 3.79. The van der Waals surface area contributed by atoms with Crippen LogP contribution in [0.2, 0.25) is 0 Å². The van der Waals surface area contributed by atoms with Gasteiger partial charge in [0.15, 0.2) is 0 Å². The molecule has 1 saturated carbocycles. The molecule has 1 atom stereocenters. The van der Waals surface area contributed by atoms with E-state index in [1.54, 1.807) is 13.8 Å². The van der Waals surface area contributed by atoms with Gasteiger partial charge in [-0.25, -0.2) is 0 Å². The normalized spacial score (nSPS) is 18.9. The molecule has 1 amide bonds. The van der Waals surface area contributed by atoms with Crippen molar-refractivity contribution in [3.63, 3.8) is 0 Å². The number of aliphatic hydroxyl groups excluding tert-OH is 1. The van der Waals surface area contributed by atoms with Gasteiger partial charge in [0.2, 0.25) is 5.91 Å². The van der Waals surface area contributed by atoms with Crippen LogP contribution in [0.25, 0.3) is 0 Å². The van der Waals surface area contributed by atoms with Crippen LogP contribution in [0.3, 0.4) is 0 Å². The van der Waals surface area contributed by atoms with Crippen molar-refractivity contribution in [1.29, 1.82) is 0 Å². The molecule has 110 valence electrons. The summed E-state index contributed by atoms with van der Waals surface area (Å²) in [5, 5.41) is 21.5. The fraction of sp³-hybridized carbons (Fsp3) is 0.857. The lowest BCUT2D eigenvalue weighted by atomic mass is 9.84. The van der Waals surface area contributed by atoms with Crippen LogP contribution in [-0.4, -0.2) is 33.7 Å². The van der Waals surface area contributed by atoms with E-state index >= 15 is 0 Å². The van der Waals surface area contributed by atoms with E-state index in [2.05, 4.69) is 5.32 Å². The van der Waals surface area contributed by atoms with E-state index in [-0.39, 0.29) is 18.2 Å². The summed E-state index contributed by atoms with van der Waals surface area (Å²) in [6.45, 7) is 3.56. The second kappa shape index (κ2) is 6.89. The van der Waals surface area contributed by atoms with E-state index < -0.39 is 17.6 Å².